The normalized spacial score (nSPS) is 22.8. The molecule has 0 aromatic carbocycles. The van der Waals surface area contributed by atoms with E-state index < -0.39 is 5.60 Å². The van der Waals surface area contributed by atoms with Gasteiger partial charge in [-0.2, -0.15) is 0 Å². The largest absolute Gasteiger partial charge is 0.444 e. The fourth-order valence-electron chi connectivity index (χ4n) is 2.68. The summed E-state index contributed by atoms with van der Waals surface area (Å²) in [6.07, 6.45) is 8.18. The highest BCUT2D eigenvalue weighted by Gasteiger charge is 2.29. The van der Waals surface area contributed by atoms with Gasteiger partial charge in [0.05, 0.1) is 0 Å². The Balaban J connectivity index is 2.25. The molecule has 0 aromatic heterocycles. The van der Waals surface area contributed by atoms with Crippen molar-refractivity contribution in [3.8, 4) is 0 Å². The highest BCUT2D eigenvalue weighted by molar-refractivity contribution is 5.68. The van der Waals surface area contributed by atoms with Crippen molar-refractivity contribution in [3.63, 3.8) is 0 Å². The molecule has 1 aliphatic carbocycles. The molecule has 0 spiro atoms. The summed E-state index contributed by atoms with van der Waals surface area (Å²) in [5, 5.41) is 6.60. The summed E-state index contributed by atoms with van der Waals surface area (Å²) in [5.41, 5.74) is -0.425. The topological polar surface area (TPSA) is 50.4 Å². The molecule has 0 aromatic rings. The number of nitrogens with one attached hydrogen (secondary N) is 2. The van der Waals surface area contributed by atoms with Crippen LogP contribution in [0.4, 0.5) is 4.79 Å². The predicted molar refractivity (Wildman–Crippen MR) is 82.9 cm³/mol. The van der Waals surface area contributed by atoms with E-state index in [-0.39, 0.29) is 12.1 Å². The number of alkyl carbamates (subject to hydrolysis) is 1. The highest BCUT2D eigenvalue weighted by atomic mass is 16.6. The van der Waals surface area contributed by atoms with Crippen LogP contribution < -0.4 is 10.6 Å². The number of hydrogen-bond donors (Lipinski definition) is 2. The molecule has 0 radical (unpaired) electrons. The number of hydrogen-bond acceptors (Lipinski definition) is 3. The lowest BCUT2D eigenvalue weighted by molar-refractivity contribution is 0.0498. The van der Waals surface area contributed by atoms with Gasteiger partial charge >= 0.3 is 6.09 Å². The summed E-state index contributed by atoms with van der Waals surface area (Å²) in [6.45, 7) is 8.96. The van der Waals surface area contributed by atoms with Gasteiger partial charge in [-0.1, -0.05) is 26.2 Å². The van der Waals surface area contributed by atoms with Gasteiger partial charge in [0.15, 0.2) is 0 Å². The maximum atomic E-state index is 11.8. The standard InChI is InChI=1S/C16H32N2O2/c1-5-6-7-8-12-17-13-10-9-11-14(13)18-15(19)20-16(2,3)4/h13-14,17H,5-12H2,1-4H3,(H,18,19). The maximum Gasteiger partial charge on any atom is 0.407 e. The summed E-state index contributed by atoms with van der Waals surface area (Å²) < 4.78 is 5.33. The SMILES string of the molecule is CCCCCCNC1CCCC1NC(=O)OC(C)(C)C. The zero-order valence-electron chi connectivity index (χ0n) is 13.6. The van der Waals surface area contributed by atoms with Crippen LogP contribution in [-0.2, 0) is 4.74 Å². The molecule has 2 atom stereocenters. The molecule has 0 saturated heterocycles. The Bertz CT molecular complexity index is 287. The third kappa shape index (κ3) is 7.13. The fraction of sp³-hybridized carbons (Fsp3) is 0.938. The molecule has 4 heteroatoms. The summed E-state index contributed by atoms with van der Waals surface area (Å²) >= 11 is 0. The molecule has 1 fully saturated rings. The second-order valence-electron chi connectivity index (χ2n) is 6.80. The minimum absolute atomic E-state index is 0.219. The van der Waals surface area contributed by atoms with Gasteiger partial charge in [-0.05, 0) is 53.0 Å². The lowest BCUT2D eigenvalue weighted by atomic mass is 10.1. The molecule has 2 N–H and O–H groups in total. The Kier molecular flexibility index (Phi) is 7.35. The lowest BCUT2D eigenvalue weighted by Crippen LogP contribution is -2.48. The Morgan fingerprint density at radius 1 is 1.15 bits per heavy atom. The monoisotopic (exact) mass is 284 g/mol. The first kappa shape index (κ1) is 17.3. The number of carbonyl (C=O) groups is 1. The molecule has 0 heterocycles. The van der Waals surface area contributed by atoms with E-state index in [1.807, 2.05) is 20.8 Å². The van der Waals surface area contributed by atoms with E-state index in [2.05, 4.69) is 17.6 Å². The molecular formula is C16H32N2O2. The minimum atomic E-state index is -0.425. The van der Waals surface area contributed by atoms with Crippen LogP contribution in [0.2, 0.25) is 0 Å². The number of rotatable bonds is 7. The Morgan fingerprint density at radius 2 is 1.85 bits per heavy atom. The van der Waals surface area contributed by atoms with Gasteiger partial charge in [0.2, 0.25) is 0 Å². The molecule has 4 nitrogen and oxygen atoms in total. The summed E-state index contributed by atoms with van der Waals surface area (Å²) in [4.78, 5) is 11.8. The van der Waals surface area contributed by atoms with Crippen molar-refractivity contribution in [3.05, 3.63) is 0 Å². The molecule has 0 aliphatic heterocycles. The first-order valence-corrected chi connectivity index (χ1v) is 8.15. The summed E-state index contributed by atoms with van der Waals surface area (Å²) in [5.74, 6) is 0. The van der Waals surface area contributed by atoms with Gasteiger partial charge in [0, 0.05) is 12.1 Å². The third-order valence-corrected chi connectivity index (χ3v) is 3.65. The van der Waals surface area contributed by atoms with Gasteiger partial charge in [-0.25, -0.2) is 4.79 Å². The number of carbonyl (C=O) groups excluding carboxylic acids is 1. The average Bonchev–Trinajstić information content (AvgIpc) is 2.74. The van der Waals surface area contributed by atoms with Crippen LogP contribution in [0.25, 0.3) is 0 Å². The van der Waals surface area contributed by atoms with Crippen molar-refractivity contribution in [1.29, 1.82) is 0 Å². The van der Waals surface area contributed by atoms with Gasteiger partial charge in [0.25, 0.3) is 0 Å². The van der Waals surface area contributed by atoms with E-state index in [0.717, 1.165) is 19.4 Å². The van der Waals surface area contributed by atoms with E-state index in [9.17, 15) is 4.79 Å². The van der Waals surface area contributed by atoms with Crippen molar-refractivity contribution in [1.82, 2.24) is 10.6 Å². The summed E-state index contributed by atoms with van der Waals surface area (Å²) in [6, 6.07) is 0.625. The van der Waals surface area contributed by atoms with Crippen molar-refractivity contribution in [2.45, 2.75) is 90.3 Å². The first-order valence-electron chi connectivity index (χ1n) is 8.15. The molecular weight excluding hydrogens is 252 g/mol. The highest BCUT2D eigenvalue weighted by Crippen LogP contribution is 2.20. The van der Waals surface area contributed by atoms with E-state index in [4.69, 9.17) is 4.74 Å². The van der Waals surface area contributed by atoms with Crippen molar-refractivity contribution < 1.29 is 9.53 Å². The smallest absolute Gasteiger partial charge is 0.407 e. The third-order valence-electron chi connectivity index (χ3n) is 3.65. The lowest BCUT2D eigenvalue weighted by Gasteiger charge is -2.25. The van der Waals surface area contributed by atoms with E-state index >= 15 is 0 Å². The first-order chi connectivity index (χ1) is 9.42. The van der Waals surface area contributed by atoms with Gasteiger partial charge in [-0.15, -0.1) is 0 Å². The summed E-state index contributed by atoms with van der Waals surface area (Å²) in [7, 11) is 0. The molecule has 1 amide bonds. The van der Waals surface area contributed by atoms with Crippen LogP contribution >= 0.6 is 0 Å². The van der Waals surface area contributed by atoms with Crippen LogP contribution in [0.3, 0.4) is 0 Å². The van der Waals surface area contributed by atoms with E-state index in [1.165, 1.54) is 32.1 Å². The Hall–Kier alpha value is -0.770. The molecule has 1 aliphatic rings. The molecule has 20 heavy (non-hydrogen) atoms. The zero-order chi connectivity index (χ0) is 15.0. The van der Waals surface area contributed by atoms with Crippen molar-refractivity contribution in [2.75, 3.05) is 6.54 Å². The van der Waals surface area contributed by atoms with Gasteiger partial charge in [0.1, 0.15) is 5.60 Å². The van der Waals surface area contributed by atoms with Crippen molar-refractivity contribution >= 4 is 6.09 Å². The molecule has 1 rings (SSSR count). The van der Waals surface area contributed by atoms with E-state index in [0.29, 0.717) is 6.04 Å². The molecule has 118 valence electrons. The molecule has 2 unspecified atom stereocenters. The average molecular weight is 284 g/mol. The van der Waals surface area contributed by atoms with Gasteiger partial charge in [-0.3, -0.25) is 0 Å². The second-order valence-corrected chi connectivity index (χ2v) is 6.80. The quantitative estimate of drug-likeness (QED) is 0.702. The number of amides is 1. The minimum Gasteiger partial charge on any atom is -0.444 e. The predicted octanol–water partition coefficient (Wildman–Crippen LogP) is 3.60. The second kappa shape index (κ2) is 8.50. The van der Waals surface area contributed by atoms with Crippen molar-refractivity contribution in [2.24, 2.45) is 0 Å². The van der Waals surface area contributed by atoms with Crippen LogP contribution in [0, 0.1) is 0 Å². The zero-order valence-corrected chi connectivity index (χ0v) is 13.6. The van der Waals surface area contributed by atoms with E-state index in [1.54, 1.807) is 0 Å². The Morgan fingerprint density at radius 3 is 2.50 bits per heavy atom. The molecule has 0 bridgehead atoms. The van der Waals surface area contributed by atoms with Gasteiger partial charge < -0.3 is 15.4 Å². The number of ether oxygens (including phenoxy) is 1. The van der Waals surface area contributed by atoms with Crippen LogP contribution in [0.5, 0.6) is 0 Å². The maximum absolute atomic E-state index is 11.8. The van der Waals surface area contributed by atoms with Crippen LogP contribution in [0.1, 0.15) is 72.6 Å². The van der Waals surface area contributed by atoms with Crippen LogP contribution in [-0.4, -0.2) is 30.3 Å². The number of unbranched alkanes of at least 4 members (excludes halogenated alkanes) is 3. The molecule has 1 saturated carbocycles. The Labute approximate surface area is 124 Å². The van der Waals surface area contributed by atoms with Crippen LogP contribution in [0.15, 0.2) is 0 Å². The fourth-order valence-corrected chi connectivity index (χ4v) is 2.68.